The highest BCUT2D eigenvalue weighted by atomic mass is 16.4. The Labute approximate surface area is 87.9 Å². The monoisotopic (exact) mass is 207 g/mol. The van der Waals surface area contributed by atoms with Crippen molar-refractivity contribution in [3.8, 4) is 5.75 Å². The number of phenols is 1. The van der Waals surface area contributed by atoms with Crippen LogP contribution < -0.4 is 5.32 Å². The first-order chi connectivity index (χ1) is 7.11. The van der Waals surface area contributed by atoms with Crippen molar-refractivity contribution in [3.63, 3.8) is 0 Å². The summed E-state index contributed by atoms with van der Waals surface area (Å²) in [5, 5.41) is 20.8. The number of para-hydroxylation sites is 1. The van der Waals surface area contributed by atoms with Crippen molar-refractivity contribution in [2.24, 2.45) is 0 Å². The average Bonchev–Trinajstić information content (AvgIpc) is 2.20. The topological polar surface area (TPSA) is 69.6 Å². The molecule has 4 nitrogen and oxygen atoms in total. The lowest BCUT2D eigenvalue weighted by Crippen LogP contribution is -2.19. The largest absolute Gasteiger partial charge is 0.508 e. The molecule has 0 heterocycles. The standard InChI is InChI=1S/C11H13NO3/c1-8(11(14)15)6-12-7-9-4-2-3-5-10(9)13/h2-5,12-13H,1,6-7H2,(H,14,15). The average molecular weight is 207 g/mol. The highest BCUT2D eigenvalue weighted by Crippen LogP contribution is 2.14. The van der Waals surface area contributed by atoms with E-state index in [1.807, 2.05) is 6.07 Å². The first kappa shape index (κ1) is 11.3. The molecule has 1 rings (SSSR count). The van der Waals surface area contributed by atoms with E-state index in [4.69, 9.17) is 5.11 Å². The van der Waals surface area contributed by atoms with Gasteiger partial charge in [0, 0.05) is 24.2 Å². The van der Waals surface area contributed by atoms with Crippen LogP contribution in [0.15, 0.2) is 36.4 Å². The van der Waals surface area contributed by atoms with Crippen molar-refractivity contribution >= 4 is 5.97 Å². The number of hydrogen-bond donors (Lipinski definition) is 3. The molecule has 0 fully saturated rings. The Morgan fingerprint density at radius 1 is 1.40 bits per heavy atom. The molecule has 0 aromatic heterocycles. The molecule has 80 valence electrons. The van der Waals surface area contributed by atoms with Gasteiger partial charge in [0.2, 0.25) is 0 Å². The van der Waals surface area contributed by atoms with E-state index in [9.17, 15) is 9.90 Å². The molecular weight excluding hydrogens is 194 g/mol. The Hall–Kier alpha value is -1.81. The van der Waals surface area contributed by atoms with Crippen LogP contribution in [0.25, 0.3) is 0 Å². The van der Waals surface area contributed by atoms with E-state index in [0.717, 1.165) is 5.56 Å². The molecule has 15 heavy (non-hydrogen) atoms. The SMILES string of the molecule is C=C(CNCc1ccccc1O)C(=O)O. The van der Waals surface area contributed by atoms with Crippen LogP contribution in [0.1, 0.15) is 5.56 Å². The first-order valence-corrected chi connectivity index (χ1v) is 4.50. The fourth-order valence-electron chi connectivity index (χ4n) is 1.08. The van der Waals surface area contributed by atoms with Gasteiger partial charge in [0.05, 0.1) is 0 Å². The van der Waals surface area contributed by atoms with E-state index < -0.39 is 5.97 Å². The molecule has 0 atom stereocenters. The van der Waals surface area contributed by atoms with Crippen LogP contribution in [0.4, 0.5) is 0 Å². The van der Waals surface area contributed by atoms with Gasteiger partial charge >= 0.3 is 5.97 Å². The van der Waals surface area contributed by atoms with Crippen LogP contribution in [0.3, 0.4) is 0 Å². The fourth-order valence-corrected chi connectivity index (χ4v) is 1.08. The smallest absolute Gasteiger partial charge is 0.332 e. The van der Waals surface area contributed by atoms with Crippen LogP contribution in [0.2, 0.25) is 0 Å². The molecule has 0 bridgehead atoms. The molecule has 0 aliphatic heterocycles. The minimum absolute atomic E-state index is 0.102. The third-order valence-corrected chi connectivity index (χ3v) is 1.95. The molecule has 0 aliphatic carbocycles. The van der Waals surface area contributed by atoms with Gasteiger partial charge in [-0.1, -0.05) is 24.8 Å². The zero-order valence-corrected chi connectivity index (χ0v) is 8.23. The maximum atomic E-state index is 10.4. The molecule has 0 saturated carbocycles. The summed E-state index contributed by atoms with van der Waals surface area (Å²) in [5.74, 6) is -0.814. The van der Waals surface area contributed by atoms with Crippen LogP contribution >= 0.6 is 0 Å². The summed E-state index contributed by atoms with van der Waals surface area (Å²) in [6.07, 6.45) is 0. The highest BCUT2D eigenvalue weighted by molar-refractivity contribution is 5.86. The predicted molar refractivity (Wildman–Crippen MR) is 56.6 cm³/mol. The fraction of sp³-hybridized carbons (Fsp3) is 0.182. The van der Waals surface area contributed by atoms with E-state index in [1.165, 1.54) is 0 Å². The molecule has 0 saturated heterocycles. The molecule has 0 amide bonds. The normalized spacial score (nSPS) is 9.87. The van der Waals surface area contributed by atoms with Gasteiger partial charge in [-0.2, -0.15) is 0 Å². The lowest BCUT2D eigenvalue weighted by atomic mass is 10.2. The minimum atomic E-state index is -1.01. The molecule has 0 radical (unpaired) electrons. The number of aliphatic carboxylic acids is 1. The van der Waals surface area contributed by atoms with Gasteiger partial charge in [0.15, 0.2) is 0 Å². The van der Waals surface area contributed by atoms with Crippen molar-refractivity contribution in [3.05, 3.63) is 42.0 Å². The van der Waals surface area contributed by atoms with Crippen molar-refractivity contribution in [2.75, 3.05) is 6.54 Å². The number of aromatic hydroxyl groups is 1. The maximum Gasteiger partial charge on any atom is 0.332 e. The number of benzene rings is 1. The number of hydrogen-bond acceptors (Lipinski definition) is 3. The molecule has 4 heteroatoms. The third-order valence-electron chi connectivity index (χ3n) is 1.95. The number of carbonyl (C=O) groups is 1. The van der Waals surface area contributed by atoms with E-state index >= 15 is 0 Å². The van der Waals surface area contributed by atoms with E-state index in [2.05, 4.69) is 11.9 Å². The molecule has 0 aliphatic rings. The predicted octanol–water partition coefficient (Wildman–Crippen LogP) is 1.12. The zero-order valence-electron chi connectivity index (χ0n) is 8.23. The second kappa shape index (κ2) is 5.17. The second-order valence-electron chi connectivity index (χ2n) is 3.14. The highest BCUT2D eigenvalue weighted by Gasteiger charge is 2.03. The van der Waals surface area contributed by atoms with Crippen LogP contribution in [-0.4, -0.2) is 22.7 Å². The summed E-state index contributed by atoms with van der Waals surface area (Å²) in [6, 6.07) is 6.90. The quantitative estimate of drug-likeness (QED) is 0.633. The lowest BCUT2D eigenvalue weighted by Gasteiger charge is -2.06. The Morgan fingerprint density at radius 2 is 2.07 bits per heavy atom. The van der Waals surface area contributed by atoms with Gasteiger partial charge < -0.3 is 15.5 Å². The molecular formula is C11H13NO3. The summed E-state index contributed by atoms with van der Waals surface area (Å²) >= 11 is 0. The summed E-state index contributed by atoms with van der Waals surface area (Å²) in [7, 11) is 0. The summed E-state index contributed by atoms with van der Waals surface area (Å²) in [6.45, 7) is 4.00. The lowest BCUT2D eigenvalue weighted by molar-refractivity contribution is -0.132. The number of phenolic OH excluding ortho intramolecular Hbond substituents is 1. The summed E-state index contributed by atoms with van der Waals surface area (Å²) in [4.78, 5) is 10.4. The van der Waals surface area contributed by atoms with Gasteiger partial charge in [-0.15, -0.1) is 0 Å². The number of carboxylic acids is 1. The first-order valence-electron chi connectivity index (χ1n) is 4.50. The van der Waals surface area contributed by atoms with Crippen molar-refractivity contribution in [1.82, 2.24) is 5.32 Å². The number of carboxylic acid groups (broad SMARTS) is 1. The third kappa shape index (κ3) is 3.44. The number of nitrogens with one attached hydrogen (secondary N) is 1. The van der Waals surface area contributed by atoms with Crippen LogP contribution in [0, 0.1) is 0 Å². The Kier molecular flexibility index (Phi) is 3.88. The second-order valence-corrected chi connectivity index (χ2v) is 3.14. The van der Waals surface area contributed by atoms with E-state index in [-0.39, 0.29) is 17.9 Å². The van der Waals surface area contributed by atoms with E-state index in [1.54, 1.807) is 18.2 Å². The van der Waals surface area contributed by atoms with Gasteiger partial charge in [-0.05, 0) is 6.07 Å². The molecule has 0 unspecified atom stereocenters. The van der Waals surface area contributed by atoms with Gasteiger partial charge in [0.1, 0.15) is 5.75 Å². The Bertz CT molecular complexity index is 374. The zero-order chi connectivity index (χ0) is 11.3. The van der Waals surface area contributed by atoms with Crippen LogP contribution in [-0.2, 0) is 11.3 Å². The van der Waals surface area contributed by atoms with Gasteiger partial charge in [0.25, 0.3) is 0 Å². The molecule has 1 aromatic carbocycles. The molecule has 0 spiro atoms. The molecule has 1 aromatic rings. The van der Waals surface area contributed by atoms with Crippen molar-refractivity contribution in [1.29, 1.82) is 0 Å². The Balaban J connectivity index is 2.42. The van der Waals surface area contributed by atoms with E-state index in [0.29, 0.717) is 6.54 Å². The van der Waals surface area contributed by atoms with Crippen molar-refractivity contribution in [2.45, 2.75) is 6.54 Å². The number of rotatable bonds is 5. The summed E-state index contributed by atoms with van der Waals surface area (Å²) in [5.41, 5.74) is 0.834. The Morgan fingerprint density at radius 3 is 2.67 bits per heavy atom. The maximum absolute atomic E-state index is 10.4. The van der Waals surface area contributed by atoms with Gasteiger partial charge in [-0.3, -0.25) is 0 Å². The van der Waals surface area contributed by atoms with Gasteiger partial charge in [-0.25, -0.2) is 4.79 Å². The summed E-state index contributed by atoms with van der Waals surface area (Å²) < 4.78 is 0. The van der Waals surface area contributed by atoms with Crippen molar-refractivity contribution < 1.29 is 15.0 Å². The minimum Gasteiger partial charge on any atom is -0.508 e. The molecule has 3 N–H and O–H groups in total. The van der Waals surface area contributed by atoms with Crippen LogP contribution in [0.5, 0.6) is 5.75 Å².